The smallest absolute Gasteiger partial charge is 0.245 e. The molecule has 2 aliphatic heterocycles. The number of nitriles is 1. The van der Waals surface area contributed by atoms with Crippen molar-refractivity contribution >= 4 is 0 Å². The molecule has 4 aliphatic carbocycles. The van der Waals surface area contributed by atoms with Gasteiger partial charge >= 0.3 is 11.4 Å². The molecule has 0 spiro atoms. The number of para-hydroxylation sites is 1. The van der Waals surface area contributed by atoms with Crippen LogP contribution in [0.25, 0.3) is 5.69 Å². The van der Waals surface area contributed by atoms with Gasteiger partial charge in [0, 0.05) is 11.8 Å². The van der Waals surface area contributed by atoms with E-state index in [0.717, 1.165) is 5.92 Å². The SMILES string of the molecule is N#CC12[C@H]3C4C5[C@@H]3C([C@@H]5[C@H]41)n1c(=O)n(-c3ccccc3)c(=O)n12. The standard InChI is InChI=1S/C17H12N4O2/c18-6-17-12-9-8-10(12)14(11(8)13(9)17)20-15(22)19(16(23)21(17)20)7-4-2-1-3-5-7/h1-5,8-14H/t8?,9?,10-,11-,12-,13-,14?,17?/m0/s1. The molecule has 112 valence electrons. The first-order chi connectivity index (χ1) is 11.2. The minimum atomic E-state index is -0.750. The highest BCUT2D eigenvalue weighted by Gasteiger charge is 2.96. The number of aromatic nitrogens is 3. The molecule has 6 aliphatic rings. The number of hydrogen-bond acceptors (Lipinski definition) is 3. The number of hydrogen-bond donors (Lipinski definition) is 0. The van der Waals surface area contributed by atoms with Crippen LogP contribution in [0, 0.1) is 46.8 Å². The van der Waals surface area contributed by atoms with Crippen molar-refractivity contribution in [2.75, 3.05) is 0 Å². The van der Waals surface area contributed by atoms with Gasteiger partial charge in [-0.15, -0.1) is 0 Å². The summed E-state index contributed by atoms with van der Waals surface area (Å²) in [6.45, 7) is 0. The number of nitrogens with zero attached hydrogens (tertiary/aromatic N) is 4. The molecule has 2 aromatic rings. The molecule has 1 aromatic heterocycles. The lowest BCUT2D eigenvalue weighted by Gasteiger charge is -2.93. The maximum absolute atomic E-state index is 13.0. The lowest BCUT2D eigenvalue weighted by molar-refractivity contribution is -0.473. The monoisotopic (exact) mass is 304 g/mol. The highest BCUT2D eigenvalue weighted by Crippen LogP contribution is 2.93. The minimum Gasteiger partial charge on any atom is -0.245 e. The van der Waals surface area contributed by atoms with Crippen molar-refractivity contribution < 1.29 is 0 Å². The summed E-state index contributed by atoms with van der Waals surface area (Å²) in [6.07, 6.45) is 0. The first kappa shape index (κ1) is 11.1. The van der Waals surface area contributed by atoms with Gasteiger partial charge in [0.1, 0.15) is 0 Å². The van der Waals surface area contributed by atoms with E-state index in [0.29, 0.717) is 35.3 Å². The summed E-state index contributed by atoms with van der Waals surface area (Å²) < 4.78 is 4.40. The fraction of sp³-hybridized carbons (Fsp3) is 0.471. The molecule has 8 rings (SSSR count). The second-order valence-electron chi connectivity index (χ2n) is 7.68. The first-order valence-electron chi connectivity index (χ1n) is 8.17. The van der Waals surface area contributed by atoms with Crippen LogP contribution >= 0.6 is 0 Å². The summed E-state index contributed by atoms with van der Waals surface area (Å²) in [7, 11) is 0. The normalized spacial score (nSPS) is 48.0. The zero-order valence-corrected chi connectivity index (χ0v) is 12.0. The van der Waals surface area contributed by atoms with Crippen molar-refractivity contribution in [1.82, 2.24) is 13.9 Å². The molecule has 3 heterocycles. The Balaban J connectivity index is 1.61. The van der Waals surface area contributed by atoms with Gasteiger partial charge in [-0.05, 0) is 35.8 Å². The van der Waals surface area contributed by atoms with Crippen LogP contribution in [-0.4, -0.2) is 13.9 Å². The van der Waals surface area contributed by atoms with Gasteiger partial charge in [-0.2, -0.15) is 5.26 Å². The Morgan fingerprint density at radius 3 is 2.30 bits per heavy atom. The maximum atomic E-state index is 13.0. The zero-order chi connectivity index (χ0) is 15.2. The molecule has 4 atom stereocenters. The van der Waals surface area contributed by atoms with Gasteiger partial charge < -0.3 is 0 Å². The fourth-order valence-electron chi connectivity index (χ4n) is 7.10. The molecular formula is C17H12N4O2. The van der Waals surface area contributed by atoms with Gasteiger partial charge in [-0.3, -0.25) is 0 Å². The predicted octanol–water partition coefficient (Wildman–Crippen LogP) is 0.326. The minimum absolute atomic E-state index is 0.153. The second kappa shape index (κ2) is 2.82. The van der Waals surface area contributed by atoms with E-state index in [1.54, 1.807) is 16.8 Å². The van der Waals surface area contributed by atoms with Crippen molar-refractivity contribution in [2.24, 2.45) is 35.5 Å². The van der Waals surface area contributed by atoms with Gasteiger partial charge in [0.05, 0.1) is 17.8 Å². The predicted molar refractivity (Wildman–Crippen MR) is 77.9 cm³/mol. The van der Waals surface area contributed by atoms with Gasteiger partial charge in [-0.25, -0.2) is 23.5 Å². The Kier molecular flexibility index (Phi) is 1.36. The summed E-state index contributed by atoms with van der Waals surface area (Å²) in [5, 5.41) is 9.92. The van der Waals surface area contributed by atoms with Crippen LogP contribution in [0.5, 0.6) is 0 Å². The quantitative estimate of drug-likeness (QED) is 0.762. The van der Waals surface area contributed by atoms with E-state index >= 15 is 0 Å². The molecule has 23 heavy (non-hydrogen) atoms. The van der Waals surface area contributed by atoms with Crippen LogP contribution in [0.4, 0.5) is 0 Å². The summed E-state index contributed by atoms with van der Waals surface area (Å²) in [5.41, 5.74) is -0.797. The van der Waals surface area contributed by atoms with Crippen LogP contribution in [0.3, 0.4) is 0 Å². The number of rotatable bonds is 1. The van der Waals surface area contributed by atoms with E-state index in [4.69, 9.17) is 0 Å². The zero-order valence-electron chi connectivity index (χ0n) is 12.0. The maximum Gasteiger partial charge on any atom is 0.353 e. The van der Waals surface area contributed by atoms with E-state index in [-0.39, 0.29) is 17.4 Å². The van der Waals surface area contributed by atoms with Crippen LogP contribution in [0.15, 0.2) is 39.9 Å². The largest absolute Gasteiger partial charge is 0.353 e. The molecule has 1 aromatic carbocycles. The van der Waals surface area contributed by atoms with Crippen molar-refractivity contribution in [3.05, 3.63) is 51.3 Å². The molecule has 0 radical (unpaired) electrons. The topological polar surface area (TPSA) is 72.7 Å². The summed E-state index contributed by atoms with van der Waals surface area (Å²) in [4.78, 5) is 26.0. The van der Waals surface area contributed by atoms with Gasteiger partial charge in [0.25, 0.3) is 0 Å². The van der Waals surface area contributed by atoms with Crippen LogP contribution < -0.4 is 11.4 Å². The van der Waals surface area contributed by atoms with Crippen molar-refractivity contribution in [1.29, 1.82) is 5.26 Å². The highest BCUT2D eigenvalue weighted by atomic mass is 16.2. The summed E-state index contributed by atoms with van der Waals surface area (Å²) in [5.74, 6) is 2.91. The summed E-state index contributed by atoms with van der Waals surface area (Å²) >= 11 is 0. The first-order valence-corrected chi connectivity index (χ1v) is 8.17. The average Bonchev–Trinajstić information content (AvgIpc) is 2.80. The fourth-order valence-corrected chi connectivity index (χ4v) is 7.10. The Hall–Kier alpha value is -2.55. The molecule has 0 N–H and O–H groups in total. The average molecular weight is 304 g/mol. The van der Waals surface area contributed by atoms with E-state index < -0.39 is 5.54 Å². The van der Waals surface area contributed by atoms with Crippen molar-refractivity contribution in [3.8, 4) is 11.8 Å². The van der Waals surface area contributed by atoms with E-state index in [1.165, 1.54) is 9.25 Å². The Labute approximate surface area is 130 Å². The second-order valence-corrected chi connectivity index (χ2v) is 7.68. The molecule has 0 amide bonds. The van der Waals surface area contributed by atoms with E-state index in [1.807, 2.05) is 18.2 Å². The Morgan fingerprint density at radius 1 is 0.957 bits per heavy atom. The van der Waals surface area contributed by atoms with Crippen molar-refractivity contribution in [3.63, 3.8) is 0 Å². The molecular weight excluding hydrogens is 292 g/mol. The van der Waals surface area contributed by atoms with Crippen molar-refractivity contribution in [2.45, 2.75) is 11.6 Å². The Bertz CT molecular complexity index is 1060. The van der Waals surface area contributed by atoms with E-state index in [9.17, 15) is 14.9 Å². The van der Waals surface area contributed by atoms with Gasteiger partial charge in [0.2, 0.25) is 0 Å². The molecule has 6 heteroatoms. The number of benzene rings is 1. The summed E-state index contributed by atoms with van der Waals surface area (Å²) in [6, 6.07) is 11.6. The third-order valence-corrected chi connectivity index (χ3v) is 7.60. The lowest BCUT2D eigenvalue weighted by Crippen LogP contribution is -2.97. The lowest BCUT2D eigenvalue weighted by atomic mass is 9.13. The highest BCUT2D eigenvalue weighted by molar-refractivity contribution is 5.46. The van der Waals surface area contributed by atoms with Gasteiger partial charge in [-0.1, -0.05) is 18.2 Å². The molecule has 2 bridgehead atoms. The third kappa shape index (κ3) is 0.724. The molecule has 4 fully saturated rings. The van der Waals surface area contributed by atoms with Crippen LogP contribution in [-0.2, 0) is 5.54 Å². The molecule has 0 saturated heterocycles. The Morgan fingerprint density at radius 2 is 1.65 bits per heavy atom. The molecule has 0 unspecified atom stereocenters. The molecule has 6 nitrogen and oxygen atoms in total. The molecule has 4 saturated carbocycles. The third-order valence-electron chi connectivity index (χ3n) is 7.60. The van der Waals surface area contributed by atoms with Crippen LogP contribution in [0.2, 0.25) is 0 Å². The van der Waals surface area contributed by atoms with Gasteiger partial charge in [0.15, 0.2) is 5.54 Å². The van der Waals surface area contributed by atoms with E-state index in [2.05, 4.69) is 6.07 Å². The van der Waals surface area contributed by atoms with Crippen LogP contribution in [0.1, 0.15) is 6.04 Å².